The van der Waals surface area contributed by atoms with Crippen LogP contribution in [0.15, 0.2) is 48.8 Å². The van der Waals surface area contributed by atoms with E-state index in [0.717, 1.165) is 89.6 Å². The number of likely N-dealkylation sites (tertiary alicyclic amines) is 2. The second-order valence-corrected chi connectivity index (χ2v) is 15.9. The van der Waals surface area contributed by atoms with Crippen LogP contribution in [0.5, 0.6) is 0 Å². The fourth-order valence-corrected chi connectivity index (χ4v) is 8.70. The highest BCUT2D eigenvalue weighted by atomic mass is 16.4. The Morgan fingerprint density at radius 2 is 1.11 bits per heavy atom. The predicted molar refractivity (Wildman–Crippen MR) is 213 cm³/mol. The van der Waals surface area contributed by atoms with E-state index < -0.39 is 24.0 Å². The maximum absolute atomic E-state index is 12.4. The fourth-order valence-electron chi connectivity index (χ4n) is 8.70. The van der Waals surface area contributed by atoms with Crippen molar-refractivity contribution in [2.24, 2.45) is 11.8 Å². The summed E-state index contributed by atoms with van der Waals surface area (Å²) in [6.45, 7) is 14.1. The molecule has 6 rings (SSSR count). The largest absolute Gasteiger partial charge is 0.465 e. The van der Waals surface area contributed by atoms with Crippen LogP contribution in [0, 0.1) is 25.7 Å². The molecule has 0 bridgehead atoms. The van der Waals surface area contributed by atoms with E-state index >= 15 is 0 Å². The van der Waals surface area contributed by atoms with Crippen molar-refractivity contribution in [3.05, 3.63) is 71.6 Å². The highest BCUT2D eigenvalue weighted by molar-refractivity contribution is 5.91. The number of carbonyl (C=O) groups excluding carboxylic acids is 2. The number of carbonyl (C=O) groups is 4. The first-order chi connectivity index (χ1) is 26.7. The SMILES string of the molecule is Cc1c(-c2ccc(-c3cnc([C@@H]4CCCN4[C@H](CC(=O)NC(=O)O)C(C)C)[nH]3)cc2)ccc(-c2cnc([C@@H]3CCCN3[C@H](CC(=O)NC(=O)O)C(C)C)[nH]2)c1C. The van der Waals surface area contributed by atoms with E-state index in [9.17, 15) is 19.2 Å². The van der Waals surface area contributed by atoms with Gasteiger partial charge in [0.1, 0.15) is 11.6 Å². The lowest BCUT2D eigenvalue weighted by atomic mass is 9.92. The minimum absolute atomic E-state index is 0.00615. The maximum Gasteiger partial charge on any atom is 0.411 e. The first-order valence-electron chi connectivity index (χ1n) is 19.6. The molecular weight excluding hydrogens is 713 g/mol. The number of imidazole rings is 2. The van der Waals surface area contributed by atoms with E-state index in [-0.39, 0.29) is 48.8 Å². The highest BCUT2D eigenvalue weighted by Gasteiger charge is 2.37. The number of hydrogen-bond acceptors (Lipinski definition) is 8. The number of rotatable bonds is 13. The molecule has 0 radical (unpaired) electrons. The minimum atomic E-state index is -1.33. The molecule has 4 atom stereocenters. The summed E-state index contributed by atoms with van der Waals surface area (Å²) in [5, 5.41) is 22.0. The summed E-state index contributed by atoms with van der Waals surface area (Å²) in [7, 11) is 0. The normalized spacial score (nSPS) is 18.7. The van der Waals surface area contributed by atoms with Crippen molar-refractivity contribution in [1.82, 2.24) is 40.4 Å². The molecule has 2 aliphatic heterocycles. The van der Waals surface area contributed by atoms with E-state index in [1.165, 1.54) is 5.56 Å². The van der Waals surface area contributed by atoms with E-state index in [1.807, 2.05) is 23.0 Å². The van der Waals surface area contributed by atoms with Gasteiger partial charge in [-0.15, -0.1) is 0 Å². The van der Waals surface area contributed by atoms with Gasteiger partial charge in [-0.2, -0.15) is 0 Å². The lowest BCUT2D eigenvalue weighted by Gasteiger charge is -2.34. The molecule has 2 saturated heterocycles. The zero-order valence-corrected chi connectivity index (χ0v) is 33.1. The van der Waals surface area contributed by atoms with Gasteiger partial charge < -0.3 is 20.2 Å². The molecule has 4 amide bonds. The van der Waals surface area contributed by atoms with E-state index in [1.54, 1.807) is 0 Å². The van der Waals surface area contributed by atoms with Crippen molar-refractivity contribution in [2.75, 3.05) is 13.1 Å². The molecule has 0 saturated carbocycles. The average molecular weight is 767 g/mol. The molecule has 2 aromatic heterocycles. The van der Waals surface area contributed by atoms with Gasteiger partial charge >= 0.3 is 12.2 Å². The van der Waals surface area contributed by atoms with E-state index in [0.29, 0.717) is 0 Å². The quantitative estimate of drug-likeness (QED) is 0.0796. The molecule has 0 unspecified atom stereocenters. The van der Waals surface area contributed by atoms with Gasteiger partial charge in [-0.05, 0) is 92.3 Å². The van der Waals surface area contributed by atoms with Crippen molar-refractivity contribution in [1.29, 1.82) is 0 Å². The van der Waals surface area contributed by atoms with Crippen molar-refractivity contribution >= 4 is 24.0 Å². The Morgan fingerprint density at radius 3 is 1.59 bits per heavy atom. The first-order valence-corrected chi connectivity index (χ1v) is 19.6. The molecule has 56 heavy (non-hydrogen) atoms. The van der Waals surface area contributed by atoms with Crippen molar-refractivity contribution in [3.63, 3.8) is 0 Å². The van der Waals surface area contributed by atoms with Gasteiger partial charge in [-0.1, -0.05) is 64.1 Å². The molecule has 14 nitrogen and oxygen atoms in total. The first kappa shape index (κ1) is 40.3. The van der Waals surface area contributed by atoms with Crippen LogP contribution in [-0.4, -0.2) is 89.1 Å². The van der Waals surface area contributed by atoms with Crippen LogP contribution in [0.2, 0.25) is 0 Å². The molecular formula is C42H54N8O6. The van der Waals surface area contributed by atoms with Gasteiger partial charge in [0.15, 0.2) is 0 Å². The number of aromatic amines is 2. The van der Waals surface area contributed by atoms with Crippen LogP contribution >= 0.6 is 0 Å². The topological polar surface area (TPSA) is 197 Å². The molecule has 298 valence electrons. The number of amides is 4. The molecule has 4 aromatic rings. The Morgan fingerprint density at radius 1 is 0.679 bits per heavy atom. The summed E-state index contributed by atoms with van der Waals surface area (Å²) in [5.74, 6) is 1.01. The molecule has 2 aromatic carbocycles. The van der Waals surface area contributed by atoms with Gasteiger partial charge in [-0.3, -0.25) is 30.0 Å². The number of H-pyrrole nitrogens is 2. The number of imide groups is 2. The van der Waals surface area contributed by atoms with Crippen LogP contribution in [0.3, 0.4) is 0 Å². The number of aromatic nitrogens is 4. The number of nitrogens with one attached hydrogen (secondary N) is 4. The standard InChI is InChI=1S/C42H54N8O6/c1-23(2)35(19-37(51)47-41(53)54)49-17-7-9-33(49)39-43-21-31(45-39)28-13-11-27(12-14-28)29-15-16-30(26(6)25(29)5)32-22-44-40(46-32)34-10-8-18-50(34)36(24(3)4)20-38(52)48-42(55)56/h11-16,21-24,33-36H,7-10,17-20H2,1-6H3,(H,43,45)(H,44,46)(H,47,51)(H,48,52)(H,53,54)(H,55,56)/t33-,34-,35+,36+/m0/s1. The lowest BCUT2D eigenvalue weighted by molar-refractivity contribution is -0.123. The number of hydrogen-bond donors (Lipinski definition) is 6. The fraction of sp³-hybridized carbons (Fsp3) is 0.476. The summed E-state index contributed by atoms with van der Waals surface area (Å²) >= 11 is 0. The lowest BCUT2D eigenvalue weighted by Crippen LogP contribution is -2.43. The molecule has 2 aliphatic rings. The van der Waals surface area contributed by atoms with E-state index in [4.69, 9.17) is 20.2 Å². The Bertz CT molecular complexity index is 2050. The van der Waals surface area contributed by atoms with Gasteiger partial charge in [0, 0.05) is 30.5 Å². The number of nitrogens with zero attached hydrogens (tertiary/aromatic N) is 4. The third-order valence-electron chi connectivity index (χ3n) is 11.7. The Kier molecular flexibility index (Phi) is 12.4. The van der Waals surface area contributed by atoms with E-state index in [2.05, 4.69) is 97.7 Å². The molecule has 0 spiro atoms. The van der Waals surface area contributed by atoms with Crippen LogP contribution < -0.4 is 10.6 Å². The predicted octanol–water partition coefficient (Wildman–Crippen LogP) is 7.44. The van der Waals surface area contributed by atoms with Gasteiger partial charge in [0.2, 0.25) is 11.8 Å². The Labute approximate surface area is 327 Å². The summed E-state index contributed by atoms with van der Waals surface area (Å²) in [6.07, 6.45) is 5.02. The number of benzene rings is 2. The maximum atomic E-state index is 12.4. The van der Waals surface area contributed by atoms with Gasteiger partial charge in [0.25, 0.3) is 0 Å². The zero-order valence-electron chi connectivity index (χ0n) is 33.1. The van der Waals surface area contributed by atoms with Crippen LogP contribution in [0.25, 0.3) is 33.6 Å². The highest BCUT2D eigenvalue weighted by Crippen LogP contribution is 2.39. The molecule has 0 aliphatic carbocycles. The van der Waals surface area contributed by atoms with Crippen molar-refractivity contribution in [2.45, 2.75) is 104 Å². The smallest absolute Gasteiger partial charge is 0.411 e. The summed E-state index contributed by atoms with van der Waals surface area (Å²) < 4.78 is 0. The van der Waals surface area contributed by atoms with Crippen LogP contribution in [-0.2, 0) is 9.59 Å². The second-order valence-electron chi connectivity index (χ2n) is 15.9. The Hall–Kier alpha value is -5.34. The monoisotopic (exact) mass is 766 g/mol. The van der Waals surface area contributed by atoms with Crippen molar-refractivity contribution < 1.29 is 29.4 Å². The Balaban J connectivity index is 1.15. The molecule has 2 fully saturated rings. The third-order valence-corrected chi connectivity index (χ3v) is 11.7. The summed E-state index contributed by atoms with van der Waals surface area (Å²) in [6, 6.07) is 12.5. The summed E-state index contributed by atoms with van der Waals surface area (Å²) in [4.78, 5) is 68.2. The molecule has 4 heterocycles. The van der Waals surface area contributed by atoms with Gasteiger partial charge in [-0.25, -0.2) is 19.6 Å². The second kappa shape index (κ2) is 17.2. The van der Waals surface area contributed by atoms with Gasteiger partial charge in [0.05, 0.1) is 35.9 Å². The average Bonchev–Trinajstić information content (AvgIpc) is 3.97. The number of carboxylic acid groups (broad SMARTS) is 2. The zero-order chi connectivity index (χ0) is 40.3. The minimum Gasteiger partial charge on any atom is -0.465 e. The van der Waals surface area contributed by atoms with Crippen LogP contribution in [0.1, 0.15) is 101 Å². The molecule has 6 N–H and O–H groups in total. The molecule has 14 heteroatoms. The third kappa shape index (κ3) is 8.87. The summed E-state index contributed by atoms with van der Waals surface area (Å²) in [5.41, 5.74) is 8.47. The van der Waals surface area contributed by atoms with Crippen molar-refractivity contribution in [3.8, 4) is 33.6 Å². The van der Waals surface area contributed by atoms with Crippen LogP contribution in [0.4, 0.5) is 9.59 Å².